The van der Waals surface area contributed by atoms with Crippen molar-refractivity contribution in [2.75, 3.05) is 24.8 Å². The van der Waals surface area contributed by atoms with E-state index in [1.807, 2.05) is 29.7 Å². The summed E-state index contributed by atoms with van der Waals surface area (Å²) < 4.78 is 11.5. The first kappa shape index (κ1) is 23.8. The number of benzene rings is 2. The third-order valence-corrected chi connectivity index (χ3v) is 5.88. The van der Waals surface area contributed by atoms with Crippen molar-refractivity contribution in [3.8, 4) is 22.8 Å². The van der Waals surface area contributed by atoms with Gasteiger partial charge in [0.05, 0.1) is 18.9 Å². The SMILES string of the molecule is N=C(NO)c1ccc(OCCCCCOc2ccc(-c3nc(N)sc3CCCl)cc2)cc1. The number of anilines is 1. The number of aryl methyl sites for hydroxylation is 1. The molecule has 5 N–H and O–H groups in total. The van der Waals surface area contributed by atoms with Crippen molar-refractivity contribution < 1.29 is 14.7 Å². The van der Waals surface area contributed by atoms with E-state index in [1.165, 1.54) is 11.3 Å². The summed E-state index contributed by atoms with van der Waals surface area (Å²) in [6.45, 7) is 1.26. The number of hydroxylamine groups is 1. The van der Waals surface area contributed by atoms with E-state index in [1.54, 1.807) is 24.3 Å². The zero-order valence-electron chi connectivity index (χ0n) is 17.6. The Morgan fingerprint density at radius 2 is 1.59 bits per heavy atom. The Kier molecular flexibility index (Phi) is 9.15. The first-order chi connectivity index (χ1) is 15.6. The summed E-state index contributed by atoms with van der Waals surface area (Å²) in [4.78, 5) is 5.54. The quantitative estimate of drug-likeness (QED) is 0.0953. The van der Waals surface area contributed by atoms with Gasteiger partial charge in [0, 0.05) is 21.9 Å². The van der Waals surface area contributed by atoms with Crippen molar-refractivity contribution in [3.63, 3.8) is 0 Å². The number of ether oxygens (including phenoxy) is 2. The normalized spacial score (nSPS) is 10.7. The van der Waals surface area contributed by atoms with E-state index >= 15 is 0 Å². The van der Waals surface area contributed by atoms with Crippen molar-refractivity contribution in [2.45, 2.75) is 25.7 Å². The molecule has 3 rings (SSSR count). The summed E-state index contributed by atoms with van der Waals surface area (Å²) in [7, 11) is 0. The van der Waals surface area contributed by atoms with E-state index in [-0.39, 0.29) is 5.84 Å². The highest BCUT2D eigenvalue weighted by Crippen LogP contribution is 2.31. The highest BCUT2D eigenvalue weighted by atomic mass is 35.5. The van der Waals surface area contributed by atoms with Crippen molar-refractivity contribution in [1.82, 2.24) is 10.5 Å². The highest BCUT2D eigenvalue weighted by Gasteiger charge is 2.11. The maximum Gasteiger partial charge on any atom is 0.180 e. The van der Waals surface area contributed by atoms with Gasteiger partial charge >= 0.3 is 0 Å². The van der Waals surface area contributed by atoms with Crippen LogP contribution in [0.1, 0.15) is 29.7 Å². The summed E-state index contributed by atoms with van der Waals surface area (Å²) in [5.41, 5.74) is 10.2. The standard InChI is InChI=1S/C23H27ClN4O3S/c24-13-12-20-21(27-23(26)32-20)16-4-8-18(9-5-16)30-14-2-1-3-15-31-19-10-6-17(7-11-19)22(25)28-29/h4-11,29H,1-3,12-15H2,(H2,25,28)(H2,26,27). The largest absolute Gasteiger partial charge is 0.494 e. The molecule has 0 aliphatic heterocycles. The van der Waals surface area contributed by atoms with Gasteiger partial charge in [0.15, 0.2) is 5.13 Å². The highest BCUT2D eigenvalue weighted by molar-refractivity contribution is 7.15. The summed E-state index contributed by atoms with van der Waals surface area (Å²) in [5.74, 6) is 2.07. The summed E-state index contributed by atoms with van der Waals surface area (Å²) >= 11 is 7.36. The monoisotopic (exact) mass is 474 g/mol. The molecule has 1 aromatic heterocycles. The Morgan fingerprint density at radius 1 is 1.00 bits per heavy atom. The maximum atomic E-state index is 8.74. The van der Waals surface area contributed by atoms with Crippen molar-refractivity contribution in [3.05, 3.63) is 59.0 Å². The minimum Gasteiger partial charge on any atom is -0.494 e. The van der Waals surface area contributed by atoms with Gasteiger partial charge in [-0.05, 0) is 74.2 Å². The molecule has 0 spiro atoms. The topological polar surface area (TPSA) is 113 Å². The van der Waals surface area contributed by atoms with Gasteiger partial charge in [0.2, 0.25) is 0 Å². The molecule has 2 aromatic carbocycles. The second-order valence-corrected chi connectivity index (χ2v) is 8.55. The van der Waals surface area contributed by atoms with Gasteiger partial charge in [-0.1, -0.05) is 0 Å². The van der Waals surface area contributed by atoms with Crippen LogP contribution in [-0.2, 0) is 6.42 Å². The smallest absolute Gasteiger partial charge is 0.180 e. The van der Waals surface area contributed by atoms with E-state index in [2.05, 4.69) is 4.98 Å². The molecule has 0 unspecified atom stereocenters. The maximum absolute atomic E-state index is 8.74. The van der Waals surface area contributed by atoms with Crippen LogP contribution in [0.3, 0.4) is 0 Å². The molecule has 0 atom stereocenters. The second kappa shape index (κ2) is 12.3. The number of amidine groups is 1. The van der Waals surface area contributed by atoms with Crippen molar-refractivity contribution >= 4 is 33.9 Å². The van der Waals surface area contributed by atoms with E-state index in [0.717, 1.165) is 53.3 Å². The number of unbranched alkanes of at least 4 members (excludes halogenated alkanes) is 2. The van der Waals surface area contributed by atoms with Crippen molar-refractivity contribution in [1.29, 1.82) is 5.41 Å². The molecule has 32 heavy (non-hydrogen) atoms. The molecule has 9 heteroatoms. The molecular weight excluding hydrogens is 448 g/mol. The number of hydrogen-bond donors (Lipinski definition) is 4. The average Bonchev–Trinajstić information content (AvgIpc) is 3.19. The Morgan fingerprint density at radius 3 is 2.16 bits per heavy atom. The lowest BCUT2D eigenvalue weighted by Crippen LogP contribution is -2.18. The Hall–Kier alpha value is -2.81. The van der Waals surface area contributed by atoms with Crippen LogP contribution in [0.5, 0.6) is 11.5 Å². The van der Waals surface area contributed by atoms with Gasteiger partial charge < -0.3 is 15.2 Å². The number of halogens is 1. The molecule has 0 bridgehead atoms. The molecule has 0 aliphatic rings. The number of thiazole rings is 1. The molecule has 170 valence electrons. The number of nitrogens with zero attached hydrogens (tertiary/aromatic N) is 1. The molecule has 0 saturated carbocycles. The minimum atomic E-state index is -0.0462. The van der Waals surface area contributed by atoms with Crippen LogP contribution in [-0.4, -0.2) is 35.1 Å². The molecule has 0 amide bonds. The number of rotatable bonds is 12. The summed E-state index contributed by atoms with van der Waals surface area (Å²) in [5, 5.41) is 16.8. The van der Waals surface area contributed by atoms with Gasteiger partial charge in [-0.25, -0.2) is 4.98 Å². The first-order valence-corrected chi connectivity index (χ1v) is 11.7. The van der Waals surface area contributed by atoms with Crippen molar-refractivity contribution in [2.24, 2.45) is 0 Å². The minimum absolute atomic E-state index is 0.0462. The first-order valence-electron chi connectivity index (χ1n) is 10.4. The van der Waals surface area contributed by atoms with Crippen LogP contribution in [0.2, 0.25) is 0 Å². The Labute approximate surface area is 196 Å². The fourth-order valence-electron chi connectivity index (χ4n) is 3.10. The molecule has 0 aliphatic carbocycles. The van der Waals surface area contributed by atoms with Gasteiger partial charge in [0.1, 0.15) is 17.3 Å². The molecule has 1 heterocycles. The summed E-state index contributed by atoms with van der Waals surface area (Å²) in [6.07, 6.45) is 3.61. The number of nitrogen functional groups attached to an aromatic ring is 1. The van der Waals surface area contributed by atoms with E-state index in [9.17, 15) is 0 Å². The Bertz CT molecular complexity index is 993. The number of nitrogens with one attached hydrogen (secondary N) is 2. The molecule has 3 aromatic rings. The zero-order chi connectivity index (χ0) is 22.8. The third kappa shape index (κ3) is 6.85. The van der Waals surface area contributed by atoms with Gasteiger partial charge in [0.25, 0.3) is 0 Å². The Balaban J connectivity index is 1.34. The van der Waals surface area contributed by atoms with E-state index in [0.29, 0.717) is 29.8 Å². The van der Waals surface area contributed by atoms with Crippen LogP contribution < -0.4 is 20.7 Å². The zero-order valence-corrected chi connectivity index (χ0v) is 19.2. The summed E-state index contributed by atoms with van der Waals surface area (Å²) in [6, 6.07) is 14.9. The average molecular weight is 475 g/mol. The lowest BCUT2D eigenvalue weighted by Gasteiger charge is -2.09. The van der Waals surface area contributed by atoms with Gasteiger partial charge in [-0.15, -0.1) is 22.9 Å². The van der Waals surface area contributed by atoms with Gasteiger partial charge in [-0.3, -0.25) is 16.1 Å². The van der Waals surface area contributed by atoms with Crippen LogP contribution in [0, 0.1) is 5.41 Å². The number of aromatic nitrogens is 1. The van der Waals surface area contributed by atoms with Crippen LogP contribution in [0.15, 0.2) is 48.5 Å². The van der Waals surface area contributed by atoms with E-state index < -0.39 is 0 Å². The van der Waals surface area contributed by atoms with Crippen LogP contribution >= 0.6 is 22.9 Å². The number of alkyl halides is 1. The van der Waals surface area contributed by atoms with Crippen LogP contribution in [0.25, 0.3) is 11.3 Å². The molecule has 0 fully saturated rings. The third-order valence-electron chi connectivity index (χ3n) is 4.74. The van der Waals surface area contributed by atoms with E-state index in [4.69, 9.17) is 37.4 Å². The molecule has 7 nitrogen and oxygen atoms in total. The lowest BCUT2D eigenvalue weighted by atomic mass is 10.1. The fraction of sp³-hybridized carbons (Fsp3) is 0.304. The fourth-order valence-corrected chi connectivity index (χ4v) is 4.26. The number of hydrogen-bond acceptors (Lipinski definition) is 7. The predicted octanol–water partition coefficient (Wildman–Crippen LogP) is 5.11. The predicted molar refractivity (Wildman–Crippen MR) is 129 cm³/mol. The van der Waals surface area contributed by atoms with Crippen LogP contribution in [0.4, 0.5) is 5.13 Å². The van der Waals surface area contributed by atoms with Gasteiger partial charge in [-0.2, -0.15) is 0 Å². The number of nitrogens with two attached hydrogens (primary N) is 1. The second-order valence-electron chi connectivity index (χ2n) is 7.06. The molecule has 0 saturated heterocycles. The molecular formula is C23H27ClN4O3S. The molecule has 0 radical (unpaired) electrons. The lowest BCUT2D eigenvalue weighted by molar-refractivity contribution is 0.234.